The van der Waals surface area contributed by atoms with Crippen LogP contribution in [0.1, 0.15) is 11.1 Å². The van der Waals surface area contributed by atoms with E-state index in [2.05, 4.69) is 26.5 Å². The van der Waals surface area contributed by atoms with Crippen LogP contribution in [-0.4, -0.2) is 18.7 Å². The Morgan fingerprint density at radius 3 is 2.88 bits per heavy atom. The van der Waals surface area contributed by atoms with Crippen molar-refractivity contribution in [2.24, 2.45) is 5.10 Å². The Hall–Kier alpha value is -2.93. The molecule has 0 unspecified atom stereocenters. The van der Waals surface area contributed by atoms with E-state index in [0.717, 1.165) is 21.0 Å². The van der Waals surface area contributed by atoms with E-state index in [1.54, 1.807) is 18.2 Å². The smallest absolute Gasteiger partial charge is 0.336 e. The Balaban J connectivity index is 1.60. The van der Waals surface area contributed by atoms with E-state index in [4.69, 9.17) is 9.15 Å². The second-order valence-electron chi connectivity index (χ2n) is 5.51. The van der Waals surface area contributed by atoms with Crippen LogP contribution < -0.4 is 15.8 Å². The third-order valence-corrected chi connectivity index (χ3v) is 4.31. The van der Waals surface area contributed by atoms with Crippen LogP contribution in [-0.2, 0) is 4.79 Å². The summed E-state index contributed by atoms with van der Waals surface area (Å²) in [7, 11) is 0. The molecule has 1 N–H and O–H groups in total. The van der Waals surface area contributed by atoms with E-state index in [0.29, 0.717) is 11.3 Å². The Morgan fingerprint density at radius 2 is 2.08 bits per heavy atom. The molecule has 26 heavy (non-hydrogen) atoms. The summed E-state index contributed by atoms with van der Waals surface area (Å²) in [6, 6.07) is 14.0. The highest BCUT2D eigenvalue weighted by molar-refractivity contribution is 9.10. The molecule has 0 radical (unpaired) electrons. The van der Waals surface area contributed by atoms with Gasteiger partial charge in [-0.25, -0.2) is 10.2 Å². The maximum Gasteiger partial charge on any atom is 0.336 e. The number of hydrogen-bond acceptors (Lipinski definition) is 5. The molecule has 0 spiro atoms. The zero-order valence-corrected chi connectivity index (χ0v) is 15.4. The number of halogens is 1. The highest BCUT2D eigenvalue weighted by Gasteiger charge is 2.06. The summed E-state index contributed by atoms with van der Waals surface area (Å²) in [4.78, 5) is 23.3. The molecule has 6 nitrogen and oxygen atoms in total. The number of amides is 1. The minimum Gasteiger partial charge on any atom is -0.484 e. The van der Waals surface area contributed by atoms with Crippen LogP contribution in [0.4, 0.5) is 0 Å². The zero-order chi connectivity index (χ0) is 18.5. The van der Waals surface area contributed by atoms with Crippen molar-refractivity contribution in [3.63, 3.8) is 0 Å². The van der Waals surface area contributed by atoms with Crippen molar-refractivity contribution in [1.82, 2.24) is 5.43 Å². The summed E-state index contributed by atoms with van der Waals surface area (Å²) in [6.07, 6.45) is 1.54. The van der Waals surface area contributed by atoms with E-state index in [9.17, 15) is 9.59 Å². The predicted octanol–water partition coefficient (Wildman–Crippen LogP) is 3.39. The van der Waals surface area contributed by atoms with E-state index >= 15 is 0 Å². The highest BCUT2D eigenvalue weighted by atomic mass is 79.9. The molecule has 0 fully saturated rings. The fraction of sp³-hybridized carbons (Fsp3) is 0.105. The molecule has 3 aromatic rings. The zero-order valence-electron chi connectivity index (χ0n) is 13.9. The third kappa shape index (κ3) is 4.37. The number of carbonyl (C=O) groups is 1. The summed E-state index contributed by atoms with van der Waals surface area (Å²) >= 11 is 3.39. The van der Waals surface area contributed by atoms with Gasteiger partial charge in [-0.2, -0.15) is 5.10 Å². The number of fused-ring (bicyclic) bond motifs is 1. The molecule has 2 aromatic carbocycles. The van der Waals surface area contributed by atoms with Crippen LogP contribution in [0, 0.1) is 6.92 Å². The largest absolute Gasteiger partial charge is 0.484 e. The minimum absolute atomic E-state index is 0.213. The van der Waals surface area contributed by atoms with Crippen LogP contribution >= 0.6 is 15.9 Å². The molecule has 0 bridgehead atoms. The van der Waals surface area contributed by atoms with E-state index in [1.165, 1.54) is 12.3 Å². The van der Waals surface area contributed by atoms with E-state index in [1.807, 2.05) is 31.2 Å². The molecule has 1 amide bonds. The maximum atomic E-state index is 11.8. The molecular formula is C19H15BrN2O4. The van der Waals surface area contributed by atoms with Crippen molar-refractivity contribution >= 4 is 39.0 Å². The normalized spacial score (nSPS) is 11.0. The monoisotopic (exact) mass is 414 g/mol. The quantitative estimate of drug-likeness (QED) is 0.394. The van der Waals surface area contributed by atoms with Gasteiger partial charge in [0.05, 0.1) is 6.21 Å². The fourth-order valence-electron chi connectivity index (χ4n) is 2.33. The van der Waals surface area contributed by atoms with Gasteiger partial charge in [-0.15, -0.1) is 0 Å². The van der Waals surface area contributed by atoms with Crippen LogP contribution in [0.25, 0.3) is 11.0 Å². The third-order valence-electron chi connectivity index (χ3n) is 3.59. The molecule has 0 saturated heterocycles. The van der Waals surface area contributed by atoms with Crippen LogP contribution in [0.2, 0.25) is 0 Å². The minimum atomic E-state index is -0.425. The average molecular weight is 415 g/mol. The van der Waals surface area contributed by atoms with Crippen molar-refractivity contribution in [3.8, 4) is 5.75 Å². The summed E-state index contributed by atoms with van der Waals surface area (Å²) in [5.41, 5.74) is 4.05. The SMILES string of the molecule is Cc1cc(=O)oc2cc(OCC(=O)NN=Cc3ccccc3Br)ccc12. The van der Waals surface area contributed by atoms with E-state index < -0.39 is 11.5 Å². The number of aryl methyl sites for hydroxylation is 1. The number of ether oxygens (including phenoxy) is 1. The molecule has 0 saturated carbocycles. The molecule has 1 heterocycles. The standard InChI is InChI=1S/C19H15BrN2O4/c1-12-8-19(24)26-17-9-14(6-7-15(12)17)25-11-18(23)22-21-10-13-4-2-3-5-16(13)20/h2-10H,11H2,1H3,(H,22,23). The van der Waals surface area contributed by atoms with Gasteiger partial charge >= 0.3 is 5.63 Å². The van der Waals surface area contributed by atoms with Crippen molar-refractivity contribution in [2.45, 2.75) is 6.92 Å². The Labute approximate surface area is 157 Å². The first-order valence-corrected chi connectivity index (χ1v) is 8.56. The molecule has 132 valence electrons. The lowest BCUT2D eigenvalue weighted by Gasteiger charge is -2.06. The van der Waals surface area contributed by atoms with Crippen molar-refractivity contribution in [2.75, 3.05) is 6.61 Å². The molecule has 0 aliphatic carbocycles. The first-order chi connectivity index (χ1) is 12.5. The lowest BCUT2D eigenvalue weighted by atomic mass is 10.1. The molecular weight excluding hydrogens is 400 g/mol. The van der Waals surface area contributed by atoms with Gasteiger partial charge in [0.2, 0.25) is 0 Å². The first-order valence-electron chi connectivity index (χ1n) is 7.77. The van der Waals surface area contributed by atoms with Crippen LogP contribution in [0.15, 0.2) is 67.3 Å². The lowest BCUT2D eigenvalue weighted by molar-refractivity contribution is -0.123. The summed E-state index contributed by atoms with van der Waals surface area (Å²) in [5.74, 6) is 0.0234. The number of nitrogens with one attached hydrogen (secondary N) is 1. The molecule has 3 rings (SSSR count). The van der Waals surface area contributed by atoms with Crippen molar-refractivity contribution < 1.29 is 13.9 Å². The molecule has 0 atom stereocenters. The number of hydrazone groups is 1. The number of nitrogens with zero attached hydrogens (tertiary/aromatic N) is 1. The van der Waals surface area contributed by atoms with Gasteiger partial charge in [-0.05, 0) is 30.7 Å². The molecule has 0 aliphatic heterocycles. The van der Waals surface area contributed by atoms with Crippen molar-refractivity contribution in [3.05, 3.63) is 74.6 Å². The predicted molar refractivity (Wildman–Crippen MR) is 103 cm³/mol. The Morgan fingerprint density at radius 1 is 1.27 bits per heavy atom. The van der Waals surface area contributed by atoms with E-state index in [-0.39, 0.29) is 6.61 Å². The highest BCUT2D eigenvalue weighted by Crippen LogP contribution is 2.22. The second kappa shape index (κ2) is 7.97. The fourth-order valence-corrected chi connectivity index (χ4v) is 2.72. The van der Waals surface area contributed by atoms with Crippen LogP contribution in [0.3, 0.4) is 0 Å². The van der Waals surface area contributed by atoms with Gasteiger partial charge in [0.15, 0.2) is 6.61 Å². The summed E-state index contributed by atoms with van der Waals surface area (Å²) in [5, 5.41) is 4.71. The summed E-state index contributed by atoms with van der Waals surface area (Å²) in [6.45, 7) is 1.62. The van der Waals surface area contributed by atoms with Crippen LogP contribution in [0.5, 0.6) is 5.75 Å². The van der Waals surface area contributed by atoms with Gasteiger partial charge < -0.3 is 9.15 Å². The number of rotatable bonds is 5. The number of benzene rings is 2. The van der Waals surface area contributed by atoms with Gasteiger partial charge in [0.25, 0.3) is 5.91 Å². The topological polar surface area (TPSA) is 80.9 Å². The van der Waals surface area contributed by atoms with Crippen molar-refractivity contribution in [1.29, 1.82) is 0 Å². The van der Waals surface area contributed by atoms with Gasteiger partial charge in [0, 0.05) is 27.6 Å². The van der Waals surface area contributed by atoms with Gasteiger partial charge in [-0.3, -0.25) is 4.79 Å². The molecule has 7 heteroatoms. The lowest BCUT2D eigenvalue weighted by Crippen LogP contribution is -2.24. The van der Waals surface area contributed by atoms with Gasteiger partial charge in [0.1, 0.15) is 11.3 Å². The Kier molecular flexibility index (Phi) is 5.48. The Bertz CT molecular complexity index is 1040. The second-order valence-corrected chi connectivity index (χ2v) is 6.36. The summed E-state index contributed by atoms with van der Waals surface area (Å²) < 4.78 is 11.5. The number of hydrogen-bond donors (Lipinski definition) is 1. The number of carbonyl (C=O) groups excluding carboxylic acids is 1. The molecule has 1 aromatic heterocycles. The maximum absolute atomic E-state index is 11.8. The average Bonchev–Trinajstić information content (AvgIpc) is 2.61. The first kappa shape index (κ1) is 17.9. The van der Waals surface area contributed by atoms with Gasteiger partial charge in [-0.1, -0.05) is 34.1 Å². The molecule has 0 aliphatic rings.